The van der Waals surface area contributed by atoms with E-state index in [2.05, 4.69) is 15.3 Å². The molecule has 1 unspecified atom stereocenters. The zero-order valence-electron chi connectivity index (χ0n) is 19.6. The minimum atomic E-state index is -0.567. The first-order chi connectivity index (χ1) is 15.1. The van der Waals surface area contributed by atoms with Crippen LogP contribution in [0.4, 0.5) is 4.79 Å². The van der Waals surface area contributed by atoms with Crippen LogP contribution in [0.25, 0.3) is 10.2 Å². The van der Waals surface area contributed by atoms with Crippen molar-refractivity contribution in [2.45, 2.75) is 65.2 Å². The molecule has 1 fully saturated rings. The molecular weight excluding hydrogens is 432 g/mol. The third kappa shape index (κ3) is 5.47. The number of rotatable bonds is 6. The molecule has 1 atom stereocenters. The smallest absolute Gasteiger partial charge is 0.407 e. The van der Waals surface area contributed by atoms with Crippen molar-refractivity contribution in [3.8, 4) is 5.88 Å². The molecule has 1 N–H and O–H groups in total. The molecule has 2 amide bonds. The number of hydrogen-bond donors (Lipinski definition) is 1. The number of hydrogen-bond acceptors (Lipinski definition) is 8. The van der Waals surface area contributed by atoms with Gasteiger partial charge in [-0.15, -0.1) is 11.3 Å². The number of aromatic nitrogens is 2. The van der Waals surface area contributed by atoms with E-state index in [0.29, 0.717) is 34.5 Å². The van der Waals surface area contributed by atoms with Crippen LogP contribution in [0.15, 0.2) is 0 Å². The van der Waals surface area contributed by atoms with Crippen LogP contribution < -0.4 is 10.1 Å². The maximum absolute atomic E-state index is 13.6. The summed E-state index contributed by atoms with van der Waals surface area (Å²) in [4.78, 5) is 37.8. The molecule has 0 bridgehead atoms. The van der Waals surface area contributed by atoms with Crippen molar-refractivity contribution in [2.24, 2.45) is 0 Å². The van der Waals surface area contributed by atoms with E-state index in [-0.39, 0.29) is 18.6 Å². The first kappa shape index (κ1) is 24.2. The molecular formula is C22H32N4O5S. The van der Waals surface area contributed by atoms with Crippen LogP contribution in [-0.4, -0.2) is 65.8 Å². The van der Waals surface area contributed by atoms with E-state index >= 15 is 0 Å². The molecule has 3 rings (SSSR count). The topological polar surface area (TPSA) is 103 Å². The zero-order chi connectivity index (χ0) is 23.5. The Bertz CT molecular complexity index is 985. The minimum Gasteiger partial charge on any atom is -0.480 e. The number of likely N-dealkylation sites (tertiary alicyclic amines) is 1. The summed E-state index contributed by atoms with van der Waals surface area (Å²) in [6.07, 6.45) is 2.29. The van der Waals surface area contributed by atoms with Gasteiger partial charge >= 0.3 is 6.09 Å². The molecule has 0 radical (unpaired) electrons. The maximum atomic E-state index is 13.6. The first-order valence-corrected chi connectivity index (χ1v) is 11.6. The Hall–Kier alpha value is -2.46. The maximum Gasteiger partial charge on any atom is 0.407 e. The van der Waals surface area contributed by atoms with Gasteiger partial charge in [0.05, 0.1) is 17.4 Å². The van der Waals surface area contributed by atoms with Crippen LogP contribution >= 0.6 is 11.3 Å². The summed E-state index contributed by atoms with van der Waals surface area (Å²) in [5.41, 5.74) is 0.238. The first-order valence-electron chi connectivity index (χ1n) is 10.8. The Morgan fingerprint density at radius 1 is 1.22 bits per heavy atom. The minimum absolute atomic E-state index is 0.0588. The largest absolute Gasteiger partial charge is 0.480 e. The van der Waals surface area contributed by atoms with Gasteiger partial charge in [-0.3, -0.25) is 4.79 Å². The van der Waals surface area contributed by atoms with Crippen molar-refractivity contribution in [1.29, 1.82) is 0 Å². The summed E-state index contributed by atoms with van der Waals surface area (Å²) in [5.74, 6) is 0.891. The van der Waals surface area contributed by atoms with Gasteiger partial charge in [0.25, 0.3) is 5.91 Å². The molecule has 0 aliphatic carbocycles. The molecule has 0 spiro atoms. The average molecular weight is 465 g/mol. The van der Waals surface area contributed by atoms with E-state index in [1.807, 2.05) is 32.6 Å². The highest BCUT2D eigenvalue weighted by Gasteiger charge is 2.31. The van der Waals surface area contributed by atoms with Crippen LogP contribution in [0.1, 0.15) is 61.1 Å². The predicted molar refractivity (Wildman–Crippen MR) is 122 cm³/mol. The second-order valence-corrected chi connectivity index (χ2v) is 9.85. The number of nitrogens with zero attached hydrogens (tertiary/aromatic N) is 3. The Morgan fingerprint density at radius 2 is 1.97 bits per heavy atom. The van der Waals surface area contributed by atoms with Gasteiger partial charge < -0.3 is 24.4 Å². The molecule has 1 saturated heterocycles. The van der Waals surface area contributed by atoms with E-state index in [1.54, 1.807) is 14.2 Å². The van der Waals surface area contributed by atoms with E-state index < -0.39 is 11.7 Å². The van der Waals surface area contributed by atoms with E-state index in [1.165, 1.54) is 11.3 Å². The Morgan fingerprint density at radius 3 is 2.62 bits per heavy atom. The van der Waals surface area contributed by atoms with Gasteiger partial charge in [0.2, 0.25) is 5.88 Å². The lowest BCUT2D eigenvalue weighted by atomic mass is 10.0. The Balaban J connectivity index is 1.84. The third-order valence-electron chi connectivity index (χ3n) is 5.23. The molecule has 1 aliphatic heterocycles. The molecule has 0 aromatic carbocycles. The van der Waals surface area contributed by atoms with Crippen LogP contribution in [0.2, 0.25) is 0 Å². The van der Waals surface area contributed by atoms with Crippen molar-refractivity contribution in [3.05, 3.63) is 16.3 Å². The Kier molecular flexibility index (Phi) is 7.55. The number of ether oxygens (including phenoxy) is 3. The zero-order valence-corrected chi connectivity index (χ0v) is 20.4. The highest BCUT2D eigenvalue weighted by molar-refractivity contribution is 7.20. The summed E-state index contributed by atoms with van der Waals surface area (Å²) in [6.45, 7) is 8.62. The van der Waals surface area contributed by atoms with Gasteiger partial charge in [-0.1, -0.05) is 0 Å². The average Bonchev–Trinajstić information content (AvgIpc) is 3.07. The number of aryl methyl sites for hydroxylation is 1. The van der Waals surface area contributed by atoms with Crippen molar-refractivity contribution in [1.82, 2.24) is 20.2 Å². The van der Waals surface area contributed by atoms with Gasteiger partial charge in [0.15, 0.2) is 5.82 Å². The van der Waals surface area contributed by atoms with Gasteiger partial charge in [-0.05, 0) is 52.5 Å². The standard InChI is InChI=1S/C22H32N4O5S/c1-13-16-18(30-6)24-15(12-29-5)25-19(16)32-17(13)20(27)26-10-8-7-9-14(26)11-23-21(28)31-22(2,3)4/h14H,7-12H2,1-6H3,(H,23,28). The second kappa shape index (κ2) is 9.99. The van der Waals surface area contributed by atoms with Crippen LogP contribution in [0.3, 0.4) is 0 Å². The molecule has 176 valence electrons. The van der Waals surface area contributed by atoms with Gasteiger partial charge in [0.1, 0.15) is 17.0 Å². The highest BCUT2D eigenvalue weighted by atomic mass is 32.1. The van der Waals surface area contributed by atoms with Gasteiger partial charge in [0, 0.05) is 26.2 Å². The van der Waals surface area contributed by atoms with Crippen molar-refractivity contribution in [3.63, 3.8) is 0 Å². The predicted octanol–water partition coefficient (Wildman–Crippen LogP) is 3.67. The third-order valence-corrected chi connectivity index (χ3v) is 6.41. The number of methoxy groups -OCH3 is 2. The number of alkyl carbamates (subject to hydrolysis) is 1. The lowest BCUT2D eigenvalue weighted by Gasteiger charge is -2.36. The summed E-state index contributed by atoms with van der Waals surface area (Å²) in [6, 6.07) is -0.0922. The molecule has 2 aromatic rings. The number of carbonyl (C=O) groups is 2. The van der Waals surface area contributed by atoms with Crippen LogP contribution in [0, 0.1) is 6.92 Å². The van der Waals surface area contributed by atoms with Crippen molar-refractivity contribution in [2.75, 3.05) is 27.3 Å². The summed E-state index contributed by atoms with van der Waals surface area (Å²) in [7, 11) is 3.14. The number of fused-ring (bicyclic) bond motifs is 1. The number of piperidine rings is 1. The van der Waals surface area contributed by atoms with Crippen molar-refractivity contribution >= 4 is 33.6 Å². The normalized spacial score (nSPS) is 16.8. The summed E-state index contributed by atoms with van der Waals surface area (Å²) >= 11 is 1.34. The monoisotopic (exact) mass is 464 g/mol. The van der Waals surface area contributed by atoms with Crippen LogP contribution in [0.5, 0.6) is 5.88 Å². The quantitative estimate of drug-likeness (QED) is 0.696. The number of thiophene rings is 1. The summed E-state index contributed by atoms with van der Waals surface area (Å²) < 4.78 is 16.0. The number of carbonyl (C=O) groups excluding carboxylic acids is 2. The molecule has 32 heavy (non-hydrogen) atoms. The molecule has 0 saturated carbocycles. The number of amides is 2. The molecule has 9 nitrogen and oxygen atoms in total. The molecule has 1 aliphatic rings. The van der Waals surface area contributed by atoms with Crippen LogP contribution in [-0.2, 0) is 16.1 Å². The van der Waals surface area contributed by atoms with E-state index in [4.69, 9.17) is 14.2 Å². The van der Waals surface area contributed by atoms with E-state index in [0.717, 1.165) is 30.2 Å². The lowest BCUT2D eigenvalue weighted by molar-refractivity contribution is 0.0463. The molecule has 10 heteroatoms. The van der Waals surface area contributed by atoms with Gasteiger partial charge in [-0.25, -0.2) is 9.78 Å². The molecule has 3 heterocycles. The Labute approximate surface area is 192 Å². The molecule has 2 aromatic heterocycles. The van der Waals surface area contributed by atoms with Crippen molar-refractivity contribution < 1.29 is 23.8 Å². The highest BCUT2D eigenvalue weighted by Crippen LogP contribution is 2.36. The second-order valence-electron chi connectivity index (χ2n) is 8.85. The fourth-order valence-corrected chi connectivity index (χ4v) is 4.96. The lowest BCUT2D eigenvalue weighted by Crippen LogP contribution is -2.49. The number of nitrogens with one attached hydrogen (secondary N) is 1. The van der Waals surface area contributed by atoms with E-state index in [9.17, 15) is 9.59 Å². The van der Waals surface area contributed by atoms with Gasteiger partial charge in [-0.2, -0.15) is 4.98 Å². The summed E-state index contributed by atoms with van der Waals surface area (Å²) in [5, 5.41) is 3.57. The fourth-order valence-electron chi connectivity index (χ4n) is 3.82. The fraction of sp³-hybridized carbons (Fsp3) is 0.636. The SMILES string of the molecule is COCc1nc(OC)c2c(C)c(C(=O)N3CCCCC3CNC(=O)OC(C)(C)C)sc2n1.